The van der Waals surface area contributed by atoms with Crippen LogP contribution in [-0.4, -0.2) is 30.6 Å². The van der Waals surface area contributed by atoms with Gasteiger partial charge in [0.15, 0.2) is 11.5 Å². The quantitative estimate of drug-likeness (QED) is 0.341. The molecule has 0 saturated carbocycles. The first kappa shape index (κ1) is 15.7. The standard InChI is InChI=1S/C21H16O6/c22-9-3-13-12-1-8-2-15(24)16(25)7-11(8)20(21(13)18(27)6-9)14-4-10(23)5-17(26)19(12)14/h2-7,12,20,22-27H,1H2. The summed E-state index contributed by atoms with van der Waals surface area (Å²) in [5, 5.41) is 61.2. The van der Waals surface area contributed by atoms with E-state index in [0.29, 0.717) is 34.2 Å². The first-order valence-electron chi connectivity index (χ1n) is 8.51. The molecule has 2 atom stereocenters. The Morgan fingerprint density at radius 3 is 1.85 bits per heavy atom. The van der Waals surface area contributed by atoms with E-state index in [0.717, 1.165) is 5.56 Å². The summed E-state index contributed by atoms with van der Waals surface area (Å²) < 4.78 is 0. The maximum Gasteiger partial charge on any atom is 0.157 e. The van der Waals surface area contributed by atoms with Gasteiger partial charge in [-0.05, 0) is 52.9 Å². The van der Waals surface area contributed by atoms with E-state index >= 15 is 0 Å². The highest BCUT2D eigenvalue weighted by atomic mass is 16.3. The van der Waals surface area contributed by atoms with Crippen LogP contribution in [0, 0.1) is 0 Å². The monoisotopic (exact) mass is 364 g/mol. The molecule has 0 aliphatic heterocycles. The molecule has 0 fully saturated rings. The molecule has 2 bridgehead atoms. The van der Waals surface area contributed by atoms with E-state index in [2.05, 4.69) is 0 Å². The fourth-order valence-electron chi connectivity index (χ4n) is 4.66. The summed E-state index contributed by atoms with van der Waals surface area (Å²) in [6.07, 6.45) is 0.390. The Morgan fingerprint density at radius 2 is 1.15 bits per heavy atom. The maximum absolute atomic E-state index is 10.6. The molecule has 0 saturated heterocycles. The molecule has 3 aromatic carbocycles. The lowest BCUT2D eigenvalue weighted by molar-refractivity contribution is 0.402. The lowest BCUT2D eigenvalue weighted by atomic mass is 9.71. The number of phenolic OH excluding ortho intramolecular Hbond substituents is 6. The number of phenols is 6. The van der Waals surface area contributed by atoms with E-state index in [-0.39, 0.29) is 34.5 Å². The van der Waals surface area contributed by atoms with Crippen LogP contribution in [0.15, 0.2) is 36.4 Å². The van der Waals surface area contributed by atoms with E-state index in [1.807, 2.05) is 0 Å². The highest BCUT2D eigenvalue weighted by molar-refractivity contribution is 5.70. The molecular weight excluding hydrogens is 348 g/mol. The third kappa shape index (κ3) is 2.01. The highest BCUT2D eigenvalue weighted by Gasteiger charge is 2.42. The molecule has 2 unspecified atom stereocenters. The SMILES string of the molecule is Oc1cc(O)c2c(c1)C1Cc3cc(O)c(O)cc3C2c2cc(O)cc(O)c21. The Hall–Kier alpha value is -3.54. The Bertz CT molecular complexity index is 1130. The van der Waals surface area contributed by atoms with Gasteiger partial charge in [0.05, 0.1) is 0 Å². The topological polar surface area (TPSA) is 121 Å². The normalized spacial score (nSPS) is 19.1. The molecule has 6 N–H and O–H groups in total. The van der Waals surface area contributed by atoms with Crippen molar-refractivity contribution in [1.82, 2.24) is 0 Å². The molecule has 0 spiro atoms. The minimum Gasteiger partial charge on any atom is -0.508 e. The second-order valence-corrected chi connectivity index (χ2v) is 7.17. The number of benzene rings is 3. The molecule has 3 aliphatic rings. The molecule has 6 heteroatoms. The minimum atomic E-state index is -0.575. The van der Waals surface area contributed by atoms with Crippen molar-refractivity contribution >= 4 is 0 Å². The van der Waals surface area contributed by atoms with Crippen molar-refractivity contribution in [3.8, 4) is 34.5 Å². The van der Waals surface area contributed by atoms with Gasteiger partial charge in [0.25, 0.3) is 0 Å². The maximum atomic E-state index is 10.6. The molecule has 0 radical (unpaired) electrons. The summed E-state index contributed by atoms with van der Waals surface area (Å²) >= 11 is 0. The summed E-state index contributed by atoms with van der Waals surface area (Å²) in [7, 11) is 0. The molecule has 6 nitrogen and oxygen atoms in total. The van der Waals surface area contributed by atoms with Gasteiger partial charge in [0.1, 0.15) is 23.0 Å². The lowest BCUT2D eigenvalue weighted by Crippen LogP contribution is -2.17. The fraction of sp³-hybridized carbons (Fsp3) is 0.143. The van der Waals surface area contributed by atoms with Crippen LogP contribution in [0.3, 0.4) is 0 Å². The smallest absolute Gasteiger partial charge is 0.157 e. The first-order valence-corrected chi connectivity index (χ1v) is 8.51. The molecule has 6 rings (SSSR count). The van der Waals surface area contributed by atoms with Gasteiger partial charge < -0.3 is 30.6 Å². The van der Waals surface area contributed by atoms with Crippen LogP contribution in [0.25, 0.3) is 0 Å². The van der Waals surface area contributed by atoms with Crippen molar-refractivity contribution in [2.75, 3.05) is 0 Å². The van der Waals surface area contributed by atoms with Crippen LogP contribution in [-0.2, 0) is 6.42 Å². The summed E-state index contributed by atoms with van der Waals surface area (Å²) in [6, 6.07) is 8.55. The van der Waals surface area contributed by atoms with Crippen LogP contribution in [0.5, 0.6) is 34.5 Å². The average Bonchev–Trinajstić information content (AvgIpc) is 2.78. The van der Waals surface area contributed by atoms with Crippen LogP contribution in [0.1, 0.15) is 45.2 Å². The van der Waals surface area contributed by atoms with Gasteiger partial charge in [-0.3, -0.25) is 0 Å². The summed E-state index contributed by atoms with van der Waals surface area (Å²) in [6.45, 7) is 0. The van der Waals surface area contributed by atoms with E-state index in [9.17, 15) is 30.6 Å². The highest BCUT2D eigenvalue weighted by Crippen LogP contribution is 2.58. The Labute approximate surface area is 153 Å². The van der Waals surface area contributed by atoms with E-state index in [4.69, 9.17) is 0 Å². The molecule has 27 heavy (non-hydrogen) atoms. The average molecular weight is 364 g/mol. The summed E-state index contributed by atoms with van der Waals surface area (Å²) in [5.41, 5.74) is 3.87. The van der Waals surface area contributed by atoms with Gasteiger partial charge >= 0.3 is 0 Å². The Balaban J connectivity index is 1.94. The molecule has 0 aromatic heterocycles. The predicted octanol–water partition coefficient (Wildman–Crippen LogP) is 3.10. The van der Waals surface area contributed by atoms with Gasteiger partial charge in [-0.25, -0.2) is 0 Å². The fourth-order valence-corrected chi connectivity index (χ4v) is 4.66. The zero-order chi connectivity index (χ0) is 19.0. The lowest BCUT2D eigenvalue weighted by Gasteiger charge is -2.32. The zero-order valence-corrected chi connectivity index (χ0v) is 14.0. The molecule has 3 aliphatic carbocycles. The molecule has 0 amide bonds. The van der Waals surface area contributed by atoms with E-state index < -0.39 is 11.8 Å². The van der Waals surface area contributed by atoms with Gasteiger partial charge in [-0.2, -0.15) is 0 Å². The van der Waals surface area contributed by atoms with Gasteiger partial charge in [-0.1, -0.05) is 0 Å². The number of aromatic hydroxyl groups is 6. The number of hydrogen-bond donors (Lipinski definition) is 6. The van der Waals surface area contributed by atoms with Crippen LogP contribution >= 0.6 is 0 Å². The van der Waals surface area contributed by atoms with Gasteiger partial charge in [0, 0.05) is 35.1 Å². The molecule has 3 aromatic rings. The third-order valence-electron chi connectivity index (χ3n) is 5.64. The number of hydrogen-bond acceptors (Lipinski definition) is 6. The van der Waals surface area contributed by atoms with Crippen molar-refractivity contribution in [3.63, 3.8) is 0 Å². The minimum absolute atomic E-state index is 0.0743. The second kappa shape index (κ2) is 5.01. The van der Waals surface area contributed by atoms with Crippen molar-refractivity contribution in [2.45, 2.75) is 18.3 Å². The van der Waals surface area contributed by atoms with Crippen LogP contribution in [0.4, 0.5) is 0 Å². The van der Waals surface area contributed by atoms with E-state index in [1.165, 1.54) is 24.3 Å². The molecule has 0 heterocycles. The largest absolute Gasteiger partial charge is 0.508 e. The first-order chi connectivity index (χ1) is 12.8. The van der Waals surface area contributed by atoms with Crippen molar-refractivity contribution in [1.29, 1.82) is 0 Å². The van der Waals surface area contributed by atoms with Crippen molar-refractivity contribution in [3.05, 3.63) is 69.8 Å². The van der Waals surface area contributed by atoms with Gasteiger partial charge in [-0.15, -0.1) is 0 Å². The van der Waals surface area contributed by atoms with E-state index in [1.54, 1.807) is 12.1 Å². The Morgan fingerprint density at radius 1 is 0.556 bits per heavy atom. The Kier molecular flexibility index (Phi) is 2.91. The van der Waals surface area contributed by atoms with Crippen LogP contribution in [0.2, 0.25) is 0 Å². The van der Waals surface area contributed by atoms with Crippen molar-refractivity contribution < 1.29 is 30.6 Å². The zero-order valence-electron chi connectivity index (χ0n) is 14.0. The summed E-state index contributed by atoms with van der Waals surface area (Å²) in [5.74, 6) is -1.88. The van der Waals surface area contributed by atoms with Crippen molar-refractivity contribution in [2.24, 2.45) is 0 Å². The summed E-state index contributed by atoms with van der Waals surface area (Å²) in [4.78, 5) is 0. The molecule has 136 valence electrons. The third-order valence-corrected chi connectivity index (χ3v) is 5.64. The van der Waals surface area contributed by atoms with Crippen LogP contribution < -0.4 is 0 Å². The second-order valence-electron chi connectivity index (χ2n) is 7.17. The number of rotatable bonds is 0. The predicted molar refractivity (Wildman–Crippen MR) is 95.8 cm³/mol. The molecular formula is C21H16O6. The van der Waals surface area contributed by atoms with Gasteiger partial charge in [0.2, 0.25) is 0 Å².